The number of carbonyl (C=O) groups is 1. The van der Waals surface area contributed by atoms with Crippen LogP contribution in [0, 0.1) is 13.8 Å². The first kappa shape index (κ1) is 13.8. The third kappa shape index (κ3) is 3.93. The van der Waals surface area contributed by atoms with E-state index in [9.17, 15) is 4.79 Å². The average Bonchev–Trinajstić information content (AvgIpc) is 2.33. The van der Waals surface area contributed by atoms with E-state index in [2.05, 4.69) is 0 Å². The lowest BCUT2D eigenvalue weighted by Crippen LogP contribution is -2.31. The second kappa shape index (κ2) is 6.50. The van der Waals surface area contributed by atoms with Crippen LogP contribution in [0.3, 0.4) is 0 Å². The predicted molar refractivity (Wildman–Crippen MR) is 69.8 cm³/mol. The Labute approximate surface area is 107 Å². The van der Waals surface area contributed by atoms with Gasteiger partial charge in [-0.05, 0) is 31.0 Å². The van der Waals surface area contributed by atoms with Gasteiger partial charge in [-0.1, -0.05) is 12.1 Å². The van der Waals surface area contributed by atoms with Crippen molar-refractivity contribution in [3.8, 4) is 5.75 Å². The molecule has 0 aromatic heterocycles. The SMILES string of the molecule is Cc1cccc(OCCN(C)C(=O)CCl)c1C. The molecule has 1 amide bonds. The fraction of sp³-hybridized carbons (Fsp3) is 0.462. The van der Waals surface area contributed by atoms with Gasteiger partial charge >= 0.3 is 0 Å². The third-order valence-corrected chi connectivity index (χ3v) is 3.01. The summed E-state index contributed by atoms with van der Waals surface area (Å²) < 4.78 is 5.65. The largest absolute Gasteiger partial charge is 0.491 e. The molecule has 0 aliphatic carbocycles. The fourth-order valence-corrected chi connectivity index (χ4v) is 1.60. The van der Waals surface area contributed by atoms with E-state index < -0.39 is 0 Å². The van der Waals surface area contributed by atoms with E-state index in [4.69, 9.17) is 16.3 Å². The zero-order valence-corrected chi connectivity index (χ0v) is 11.3. The van der Waals surface area contributed by atoms with E-state index in [0.717, 1.165) is 11.3 Å². The maximum Gasteiger partial charge on any atom is 0.237 e. The van der Waals surface area contributed by atoms with E-state index in [1.54, 1.807) is 11.9 Å². The van der Waals surface area contributed by atoms with Crippen LogP contribution in [0.15, 0.2) is 18.2 Å². The van der Waals surface area contributed by atoms with Gasteiger partial charge in [0.15, 0.2) is 0 Å². The highest BCUT2D eigenvalue weighted by Crippen LogP contribution is 2.20. The normalized spacial score (nSPS) is 10.1. The van der Waals surface area contributed by atoms with Gasteiger partial charge in [0.1, 0.15) is 18.2 Å². The maximum absolute atomic E-state index is 11.2. The fourth-order valence-electron chi connectivity index (χ4n) is 1.40. The number of ether oxygens (including phenoxy) is 1. The lowest BCUT2D eigenvalue weighted by Gasteiger charge is -2.17. The van der Waals surface area contributed by atoms with Crippen molar-refractivity contribution in [1.29, 1.82) is 0 Å². The van der Waals surface area contributed by atoms with Gasteiger partial charge in [0, 0.05) is 7.05 Å². The van der Waals surface area contributed by atoms with Crippen LogP contribution in [0.25, 0.3) is 0 Å². The first-order chi connectivity index (χ1) is 8.06. The highest BCUT2D eigenvalue weighted by molar-refractivity contribution is 6.27. The Balaban J connectivity index is 2.46. The molecule has 1 aromatic rings. The smallest absolute Gasteiger partial charge is 0.237 e. The molecule has 0 unspecified atom stereocenters. The zero-order chi connectivity index (χ0) is 12.8. The van der Waals surface area contributed by atoms with Crippen LogP contribution in [0.2, 0.25) is 0 Å². The molecule has 3 nitrogen and oxygen atoms in total. The molecule has 1 rings (SSSR count). The van der Waals surface area contributed by atoms with Crippen LogP contribution >= 0.6 is 11.6 Å². The van der Waals surface area contributed by atoms with Crippen molar-refractivity contribution in [3.63, 3.8) is 0 Å². The number of alkyl halides is 1. The lowest BCUT2D eigenvalue weighted by atomic mass is 10.1. The van der Waals surface area contributed by atoms with E-state index in [0.29, 0.717) is 13.2 Å². The molecule has 0 aliphatic rings. The Kier molecular flexibility index (Phi) is 5.29. The Hall–Kier alpha value is -1.22. The average molecular weight is 256 g/mol. The van der Waals surface area contributed by atoms with Crippen molar-refractivity contribution in [2.24, 2.45) is 0 Å². The second-order valence-corrected chi connectivity index (χ2v) is 4.26. The number of nitrogens with zero attached hydrogens (tertiary/aromatic N) is 1. The molecule has 1 aromatic carbocycles. The molecule has 0 spiro atoms. The minimum Gasteiger partial charge on any atom is -0.491 e. The number of rotatable bonds is 5. The molecular weight excluding hydrogens is 238 g/mol. The second-order valence-electron chi connectivity index (χ2n) is 4.00. The van der Waals surface area contributed by atoms with E-state index in [1.165, 1.54) is 5.56 Å². The van der Waals surface area contributed by atoms with Crippen LogP contribution in [0.4, 0.5) is 0 Å². The summed E-state index contributed by atoms with van der Waals surface area (Å²) in [6.07, 6.45) is 0. The summed E-state index contributed by atoms with van der Waals surface area (Å²) >= 11 is 5.46. The van der Waals surface area contributed by atoms with Crippen LogP contribution in [-0.2, 0) is 4.79 Å². The van der Waals surface area contributed by atoms with Crippen molar-refractivity contribution in [1.82, 2.24) is 4.90 Å². The van der Waals surface area contributed by atoms with Crippen LogP contribution in [0.1, 0.15) is 11.1 Å². The summed E-state index contributed by atoms with van der Waals surface area (Å²) in [7, 11) is 1.72. The van der Waals surface area contributed by atoms with Crippen LogP contribution in [-0.4, -0.2) is 36.9 Å². The molecule has 0 N–H and O–H groups in total. The molecule has 0 atom stereocenters. The molecule has 0 bridgehead atoms. The first-order valence-electron chi connectivity index (χ1n) is 5.55. The van der Waals surface area contributed by atoms with Gasteiger partial charge in [-0.15, -0.1) is 11.6 Å². The zero-order valence-electron chi connectivity index (χ0n) is 10.5. The summed E-state index contributed by atoms with van der Waals surface area (Å²) in [6, 6.07) is 5.95. The third-order valence-electron chi connectivity index (χ3n) is 2.78. The molecule has 0 radical (unpaired) electrons. The predicted octanol–water partition coefficient (Wildman–Crippen LogP) is 2.38. The van der Waals surface area contributed by atoms with E-state index >= 15 is 0 Å². The van der Waals surface area contributed by atoms with Crippen molar-refractivity contribution in [2.45, 2.75) is 13.8 Å². The molecular formula is C13H18ClNO2. The van der Waals surface area contributed by atoms with Crippen LogP contribution < -0.4 is 4.74 Å². The summed E-state index contributed by atoms with van der Waals surface area (Å²) in [6.45, 7) is 5.09. The highest BCUT2D eigenvalue weighted by Gasteiger charge is 2.07. The number of hydrogen-bond donors (Lipinski definition) is 0. The van der Waals surface area contributed by atoms with Gasteiger partial charge in [0.2, 0.25) is 5.91 Å². The summed E-state index contributed by atoms with van der Waals surface area (Å²) in [4.78, 5) is 12.8. The maximum atomic E-state index is 11.2. The van der Waals surface area contributed by atoms with Crippen LogP contribution in [0.5, 0.6) is 5.75 Å². The number of likely N-dealkylation sites (N-methyl/N-ethyl adjacent to an activating group) is 1. The standard InChI is InChI=1S/C13H18ClNO2/c1-10-5-4-6-12(11(10)2)17-8-7-15(3)13(16)9-14/h4-6H,7-9H2,1-3H3. The van der Waals surface area contributed by atoms with Gasteiger partial charge in [-0.2, -0.15) is 0 Å². The molecule has 0 heterocycles. The van der Waals surface area contributed by atoms with Crippen molar-refractivity contribution in [2.75, 3.05) is 26.1 Å². The minimum absolute atomic E-state index is 0.0139. The topological polar surface area (TPSA) is 29.5 Å². The highest BCUT2D eigenvalue weighted by atomic mass is 35.5. The summed E-state index contributed by atoms with van der Waals surface area (Å²) in [5.41, 5.74) is 2.34. The molecule has 94 valence electrons. The molecule has 0 aliphatic heterocycles. The lowest BCUT2D eigenvalue weighted by molar-refractivity contribution is -0.127. The van der Waals surface area contributed by atoms with Crippen molar-refractivity contribution >= 4 is 17.5 Å². The van der Waals surface area contributed by atoms with E-state index in [1.807, 2.05) is 32.0 Å². The quantitative estimate of drug-likeness (QED) is 0.756. The number of hydrogen-bond acceptors (Lipinski definition) is 2. The molecule has 0 saturated heterocycles. The van der Waals surface area contributed by atoms with Crippen molar-refractivity contribution < 1.29 is 9.53 Å². The van der Waals surface area contributed by atoms with Gasteiger partial charge in [0.05, 0.1) is 6.54 Å². The van der Waals surface area contributed by atoms with Gasteiger partial charge in [0.25, 0.3) is 0 Å². The Morgan fingerprint density at radius 2 is 2.12 bits per heavy atom. The first-order valence-corrected chi connectivity index (χ1v) is 6.08. The summed E-state index contributed by atoms with van der Waals surface area (Å²) in [5, 5.41) is 0. The summed E-state index contributed by atoms with van der Waals surface area (Å²) in [5.74, 6) is 0.799. The number of amides is 1. The molecule has 0 fully saturated rings. The monoisotopic (exact) mass is 255 g/mol. The van der Waals surface area contributed by atoms with Gasteiger partial charge < -0.3 is 9.64 Å². The number of carbonyl (C=O) groups excluding carboxylic acids is 1. The van der Waals surface area contributed by atoms with Crippen molar-refractivity contribution in [3.05, 3.63) is 29.3 Å². The molecule has 0 saturated carbocycles. The Morgan fingerprint density at radius 1 is 1.41 bits per heavy atom. The number of halogens is 1. The molecule has 4 heteroatoms. The van der Waals surface area contributed by atoms with Gasteiger partial charge in [-0.25, -0.2) is 0 Å². The minimum atomic E-state index is -0.0868. The molecule has 17 heavy (non-hydrogen) atoms. The Morgan fingerprint density at radius 3 is 2.76 bits per heavy atom. The number of aryl methyl sites for hydroxylation is 1. The number of benzene rings is 1. The van der Waals surface area contributed by atoms with Gasteiger partial charge in [-0.3, -0.25) is 4.79 Å². The Bertz CT molecular complexity index is 393. The van der Waals surface area contributed by atoms with E-state index in [-0.39, 0.29) is 11.8 Å².